The number of carboxylic acid groups (broad SMARTS) is 1. The number of benzene rings is 1. The van der Waals surface area contributed by atoms with E-state index < -0.39 is 5.97 Å². The minimum Gasteiger partial charge on any atom is -0.478 e. The van der Waals surface area contributed by atoms with Crippen molar-refractivity contribution in [1.82, 2.24) is 9.78 Å². The van der Waals surface area contributed by atoms with E-state index in [0.29, 0.717) is 24.1 Å². The van der Waals surface area contributed by atoms with Gasteiger partial charge in [0.2, 0.25) is 5.91 Å². The van der Waals surface area contributed by atoms with Gasteiger partial charge in [-0.15, -0.1) is 0 Å². The van der Waals surface area contributed by atoms with Crippen LogP contribution in [0, 0.1) is 13.8 Å². The van der Waals surface area contributed by atoms with E-state index in [4.69, 9.17) is 5.11 Å². The molecule has 22 heavy (non-hydrogen) atoms. The number of hydrogen-bond acceptors (Lipinski definition) is 3. The third kappa shape index (κ3) is 3.72. The van der Waals surface area contributed by atoms with Crippen molar-refractivity contribution in [2.45, 2.75) is 26.7 Å². The number of hydrogen-bond donors (Lipinski definition) is 2. The average Bonchev–Trinajstić information content (AvgIpc) is 2.85. The summed E-state index contributed by atoms with van der Waals surface area (Å²) in [4.78, 5) is 23.2. The predicted octanol–water partition coefficient (Wildman–Crippen LogP) is 2.31. The highest BCUT2D eigenvalue weighted by Gasteiger charge is 2.12. The van der Waals surface area contributed by atoms with E-state index in [2.05, 4.69) is 10.4 Å². The van der Waals surface area contributed by atoms with Gasteiger partial charge in [0.25, 0.3) is 0 Å². The Morgan fingerprint density at radius 2 is 2.00 bits per heavy atom. The largest absolute Gasteiger partial charge is 0.478 e. The summed E-state index contributed by atoms with van der Waals surface area (Å²) in [6.07, 6.45) is 4.51. The Kier molecular flexibility index (Phi) is 4.60. The smallest absolute Gasteiger partial charge is 0.336 e. The van der Waals surface area contributed by atoms with Crippen molar-refractivity contribution >= 4 is 17.6 Å². The van der Waals surface area contributed by atoms with Crippen LogP contribution in [-0.2, 0) is 18.3 Å². The molecule has 0 radical (unpaired) electrons. The van der Waals surface area contributed by atoms with Gasteiger partial charge in [-0.25, -0.2) is 4.79 Å². The van der Waals surface area contributed by atoms with Crippen LogP contribution >= 0.6 is 0 Å². The van der Waals surface area contributed by atoms with E-state index >= 15 is 0 Å². The number of nitrogens with one attached hydrogen (secondary N) is 1. The molecule has 0 aliphatic rings. The first-order valence-corrected chi connectivity index (χ1v) is 6.98. The van der Waals surface area contributed by atoms with Gasteiger partial charge in [0.05, 0.1) is 11.8 Å². The summed E-state index contributed by atoms with van der Waals surface area (Å²) in [7, 11) is 1.83. The summed E-state index contributed by atoms with van der Waals surface area (Å²) < 4.78 is 1.69. The Morgan fingerprint density at radius 3 is 2.59 bits per heavy atom. The van der Waals surface area contributed by atoms with Gasteiger partial charge in [-0.3, -0.25) is 9.48 Å². The number of amides is 1. The van der Waals surface area contributed by atoms with E-state index in [0.717, 1.165) is 11.1 Å². The molecule has 1 amide bonds. The zero-order valence-electron chi connectivity index (χ0n) is 12.9. The highest BCUT2D eigenvalue weighted by Crippen LogP contribution is 2.21. The van der Waals surface area contributed by atoms with Gasteiger partial charge in [-0.2, -0.15) is 5.10 Å². The quantitative estimate of drug-likeness (QED) is 0.887. The normalized spacial score (nSPS) is 10.5. The fourth-order valence-electron chi connectivity index (χ4n) is 2.29. The Labute approximate surface area is 128 Å². The molecule has 2 rings (SSSR count). The standard InChI is InChI=1S/C16H19N3O3/c1-10-6-11(2)14(7-13(10)16(21)22)18-15(20)5-4-12-8-17-19(3)9-12/h6-9H,4-5H2,1-3H3,(H,18,20)(H,21,22). The molecule has 116 valence electrons. The number of aryl methyl sites for hydroxylation is 4. The zero-order valence-corrected chi connectivity index (χ0v) is 12.9. The van der Waals surface area contributed by atoms with Crippen molar-refractivity contribution < 1.29 is 14.7 Å². The summed E-state index contributed by atoms with van der Waals surface area (Å²) in [6, 6.07) is 3.27. The maximum absolute atomic E-state index is 12.0. The number of aromatic nitrogens is 2. The Hall–Kier alpha value is -2.63. The molecule has 0 aliphatic heterocycles. The fraction of sp³-hybridized carbons (Fsp3) is 0.312. The Morgan fingerprint density at radius 1 is 1.27 bits per heavy atom. The second-order valence-corrected chi connectivity index (χ2v) is 5.36. The van der Waals surface area contributed by atoms with Crippen molar-refractivity contribution in [3.05, 3.63) is 46.8 Å². The summed E-state index contributed by atoms with van der Waals surface area (Å²) in [5.41, 5.74) is 3.26. The lowest BCUT2D eigenvalue weighted by atomic mass is 10.0. The first-order chi connectivity index (χ1) is 10.4. The molecule has 0 saturated carbocycles. The molecular weight excluding hydrogens is 282 g/mol. The number of nitrogens with zero attached hydrogens (tertiary/aromatic N) is 2. The van der Waals surface area contributed by atoms with Crippen molar-refractivity contribution in [1.29, 1.82) is 0 Å². The van der Waals surface area contributed by atoms with Gasteiger partial charge < -0.3 is 10.4 Å². The SMILES string of the molecule is Cc1cc(C)c(C(=O)O)cc1NC(=O)CCc1cnn(C)c1. The minimum absolute atomic E-state index is 0.146. The van der Waals surface area contributed by atoms with Crippen LogP contribution < -0.4 is 5.32 Å². The van der Waals surface area contributed by atoms with Crippen LogP contribution in [-0.4, -0.2) is 26.8 Å². The number of aromatic carboxylic acids is 1. The molecular formula is C16H19N3O3. The molecule has 0 aliphatic carbocycles. The monoisotopic (exact) mass is 301 g/mol. The molecule has 1 aromatic carbocycles. The van der Waals surface area contributed by atoms with Crippen LogP contribution in [0.15, 0.2) is 24.5 Å². The van der Waals surface area contributed by atoms with E-state index in [9.17, 15) is 9.59 Å². The molecule has 0 bridgehead atoms. The maximum Gasteiger partial charge on any atom is 0.336 e. The van der Waals surface area contributed by atoms with Gasteiger partial charge in [0, 0.05) is 25.4 Å². The minimum atomic E-state index is -0.997. The second-order valence-electron chi connectivity index (χ2n) is 5.36. The highest BCUT2D eigenvalue weighted by atomic mass is 16.4. The average molecular weight is 301 g/mol. The molecule has 0 fully saturated rings. The molecule has 2 N–H and O–H groups in total. The molecule has 6 heteroatoms. The number of carbonyl (C=O) groups is 2. The Balaban J connectivity index is 2.04. The summed E-state index contributed by atoms with van der Waals surface area (Å²) in [6.45, 7) is 3.58. The number of carboxylic acids is 1. The van der Waals surface area contributed by atoms with E-state index in [1.807, 2.05) is 20.2 Å². The Bertz CT molecular complexity index is 719. The molecule has 6 nitrogen and oxygen atoms in total. The van der Waals surface area contributed by atoms with E-state index in [-0.39, 0.29) is 11.5 Å². The van der Waals surface area contributed by atoms with Crippen molar-refractivity contribution in [3.63, 3.8) is 0 Å². The van der Waals surface area contributed by atoms with Crippen LogP contribution in [0.3, 0.4) is 0 Å². The van der Waals surface area contributed by atoms with Gasteiger partial charge in [0.1, 0.15) is 0 Å². The molecule has 0 atom stereocenters. The summed E-state index contributed by atoms with van der Waals surface area (Å²) in [5.74, 6) is -1.14. The molecule has 0 saturated heterocycles. The zero-order chi connectivity index (χ0) is 16.3. The van der Waals surface area contributed by atoms with E-state index in [1.54, 1.807) is 23.9 Å². The van der Waals surface area contributed by atoms with Crippen LogP contribution in [0.25, 0.3) is 0 Å². The molecule has 2 aromatic rings. The fourth-order valence-corrected chi connectivity index (χ4v) is 2.29. The predicted molar refractivity (Wildman–Crippen MR) is 83.0 cm³/mol. The van der Waals surface area contributed by atoms with Gasteiger partial charge >= 0.3 is 5.97 Å². The lowest BCUT2D eigenvalue weighted by molar-refractivity contribution is -0.116. The highest BCUT2D eigenvalue weighted by molar-refractivity contribution is 5.95. The first-order valence-electron chi connectivity index (χ1n) is 6.98. The lowest BCUT2D eigenvalue weighted by Crippen LogP contribution is -2.14. The lowest BCUT2D eigenvalue weighted by Gasteiger charge is -2.11. The number of rotatable bonds is 5. The molecule has 1 aromatic heterocycles. The van der Waals surface area contributed by atoms with Crippen LogP contribution in [0.5, 0.6) is 0 Å². The van der Waals surface area contributed by atoms with E-state index in [1.165, 1.54) is 6.07 Å². The third-order valence-corrected chi connectivity index (χ3v) is 3.47. The van der Waals surface area contributed by atoms with Crippen LogP contribution in [0.4, 0.5) is 5.69 Å². The van der Waals surface area contributed by atoms with Gasteiger partial charge in [-0.1, -0.05) is 6.07 Å². The van der Waals surface area contributed by atoms with Gasteiger partial charge in [-0.05, 0) is 43.0 Å². The topological polar surface area (TPSA) is 84.2 Å². The van der Waals surface area contributed by atoms with Gasteiger partial charge in [0.15, 0.2) is 0 Å². The molecule has 0 spiro atoms. The summed E-state index contributed by atoms with van der Waals surface area (Å²) in [5, 5.41) is 16.0. The van der Waals surface area contributed by atoms with Crippen LogP contribution in [0.2, 0.25) is 0 Å². The number of anilines is 1. The van der Waals surface area contributed by atoms with Crippen LogP contribution in [0.1, 0.15) is 33.5 Å². The van der Waals surface area contributed by atoms with Crippen molar-refractivity contribution in [3.8, 4) is 0 Å². The summed E-state index contributed by atoms with van der Waals surface area (Å²) >= 11 is 0. The van der Waals surface area contributed by atoms with Crippen molar-refractivity contribution in [2.24, 2.45) is 7.05 Å². The van der Waals surface area contributed by atoms with Crippen molar-refractivity contribution in [2.75, 3.05) is 5.32 Å². The third-order valence-electron chi connectivity index (χ3n) is 3.47. The second kappa shape index (κ2) is 6.43. The molecule has 1 heterocycles. The first kappa shape index (κ1) is 15.8. The number of carbonyl (C=O) groups excluding carboxylic acids is 1. The maximum atomic E-state index is 12.0. The molecule has 0 unspecified atom stereocenters.